The summed E-state index contributed by atoms with van der Waals surface area (Å²) in [5.41, 5.74) is 0.131. The second-order valence-corrected chi connectivity index (χ2v) is 6.21. The summed E-state index contributed by atoms with van der Waals surface area (Å²) in [4.78, 5) is 16.3. The standard InChI is InChI=1S/C18H30N4O4.HI/c1-8-20-16(23)18(2,3)11-21-17(19-4)22-12-9-13(24-5)15(26-7)14(10-12)25-6;/h9-10H,8,11H2,1-7H3,(H,20,23)(H2,19,21,22);1H. The third-order valence-electron chi connectivity index (χ3n) is 3.80. The third-order valence-corrected chi connectivity index (χ3v) is 3.80. The lowest BCUT2D eigenvalue weighted by Gasteiger charge is -2.25. The van der Waals surface area contributed by atoms with Gasteiger partial charge >= 0.3 is 0 Å². The zero-order chi connectivity index (χ0) is 19.7. The highest BCUT2D eigenvalue weighted by atomic mass is 127. The Morgan fingerprint density at radius 1 is 1.07 bits per heavy atom. The average molecular weight is 494 g/mol. The fourth-order valence-corrected chi connectivity index (χ4v) is 2.25. The van der Waals surface area contributed by atoms with Gasteiger partial charge in [0.25, 0.3) is 0 Å². The summed E-state index contributed by atoms with van der Waals surface area (Å²) in [6, 6.07) is 3.56. The first kappa shape index (κ1) is 25.1. The van der Waals surface area contributed by atoms with Crippen LogP contribution in [0.2, 0.25) is 0 Å². The number of hydrogen-bond donors (Lipinski definition) is 3. The minimum atomic E-state index is -0.580. The molecule has 1 aromatic carbocycles. The molecule has 0 aromatic heterocycles. The second-order valence-electron chi connectivity index (χ2n) is 6.21. The van der Waals surface area contributed by atoms with Crippen LogP contribution in [0.15, 0.2) is 17.1 Å². The summed E-state index contributed by atoms with van der Waals surface area (Å²) in [7, 11) is 6.33. The number of nitrogens with zero attached hydrogens (tertiary/aromatic N) is 1. The van der Waals surface area contributed by atoms with Crippen LogP contribution in [-0.4, -0.2) is 53.3 Å². The van der Waals surface area contributed by atoms with Crippen LogP contribution in [0.5, 0.6) is 17.2 Å². The number of guanidine groups is 1. The first-order valence-electron chi connectivity index (χ1n) is 8.38. The molecule has 154 valence electrons. The van der Waals surface area contributed by atoms with E-state index in [1.54, 1.807) is 40.5 Å². The third kappa shape index (κ3) is 6.96. The molecule has 0 spiro atoms. The van der Waals surface area contributed by atoms with E-state index in [1.165, 1.54) is 0 Å². The highest BCUT2D eigenvalue weighted by molar-refractivity contribution is 14.0. The molecule has 3 N–H and O–H groups in total. The number of benzene rings is 1. The minimum Gasteiger partial charge on any atom is -0.493 e. The molecule has 9 heteroatoms. The van der Waals surface area contributed by atoms with Gasteiger partial charge in [-0.05, 0) is 20.8 Å². The first-order chi connectivity index (χ1) is 12.3. The molecule has 0 fully saturated rings. The van der Waals surface area contributed by atoms with Crippen molar-refractivity contribution in [2.75, 3.05) is 46.8 Å². The van der Waals surface area contributed by atoms with Gasteiger partial charge in [-0.15, -0.1) is 24.0 Å². The van der Waals surface area contributed by atoms with Crippen LogP contribution in [0.25, 0.3) is 0 Å². The Morgan fingerprint density at radius 2 is 1.63 bits per heavy atom. The van der Waals surface area contributed by atoms with E-state index >= 15 is 0 Å². The molecule has 0 aliphatic rings. The first-order valence-corrected chi connectivity index (χ1v) is 8.38. The number of hydrogen-bond acceptors (Lipinski definition) is 5. The topological polar surface area (TPSA) is 93.2 Å². The number of methoxy groups -OCH3 is 3. The summed E-state index contributed by atoms with van der Waals surface area (Å²) >= 11 is 0. The van der Waals surface area contributed by atoms with Crippen LogP contribution in [0.4, 0.5) is 5.69 Å². The van der Waals surface area contributed by atoms with Crippen LogP contribution in [-0.2, 0) is 4.79 Å². The maximum Gasteiger partial charge on any atom is 0.227 e. The van der Waals surface area contributed by atoms with Crippen molar-refractivity contribution in [1.29, 1.82) is 0 Å². The van der Waals surface area contributed by atoms with Crippen molar-refractivity contribution in [1.82, 2.24) is 10.6 Å². The minimum absolute atomic E-state index is 0. The summed E-state index contributed by atoms with van der Waals surface area (Å²) in [6.45, 7) is 6.66. The van der Waals surface area contributed by atoms with Crippen LogP contribution >= 0.6 is 24.0 Å². The normalized spacial score (nSPS) is 11.1. The van der Waals surface area contributed by atoms with E-state index in [2.05, 4.69) is 20.9 Å². The number of ether oxygens (including phenoxy) is 3. The molecule has 0 aliphatic heterocycles. The molecule has 0 saturated heterocycles. The molecule has 0 unspecified atom stereocenters. The van der Waals surface area contributed by atoms with Crippen molar-refractivity contribution in [3.63, 3.8) is 0 Å². The van der Waals surface area contributed by atoms with E-state index in [9.17, 15) is 4.79 Å². The van der Waals surface area contributed by atoms with Gasteiger partial charge in [-0.3, -0.25) is 9.79 Å². The molecule has 0 aliphatic carbocycles. The molecule has 1 aromatic rings. The Hall–Kier alpha value is -1.91. The summed E-state index contributed by atoms with van der Waals surface area (Å²) in [5.74, 6) is 2.09. The predicted octanol–water partition coefficient (Wildman–Crippen LogP) is 2.48. The van der Waals surface area contributed by atoms with Crippen LogP contribution < -0.4 is 30.2 Å². The highest BCUT2D eigenvalue weighted by Gasteiger charge is 2.27. The molecule has 0 atom stereocenters. The van der Waals surface area contributed by atoms with Crippen molar-refractivity contribution in [3.05, 3.63) is 12.1 Å². The zero-order valence-corrected chi connectivity index (χ0v) is 19.4. The molecule has 0 saturated carbocycles. The van der Waals surface area contributed by atoms with Gasteiger partial charge in [0.1, 0.15) is 0 Å². The SMILES string of the molecule is CCNC(=O)C(C)(C)CNC(=NC)Nc1cc(OC)c(OC)c(OC)c1.I. The smallest absolute Gasteiger partial charge is 0.227 e. The lowest BCUT2D eigenvalue weighted by molar-refractivity contribution is -0.128. The van der Waals surface area contributed by atoms with Gasteiger partial charge in [0.2, 0.25) is 11.7 Å². The number of nitrogens with one attached hydrogen (secondary N) is 3. The maximum absolute atomic E-state index is 12.1. The van der Waals surface area contributed by atoms with Crippen LogP contribution in [0, 0.1) is 5.41 Å². The van der Waals surface area contributed by atoms with Crippen molar-refractivity contribution >= 4 is 41.5 Å². The van der Waals surface area contributed by atoms with Crippen molar-refractivity contribution < 1.29 is 19.0 Å². The van der Waals surface area contributed by atoms with Gasteiger partial charge in [0.05, 0.1) is 26.7 Å². The lowest BCUT2D eigenvalue weighted by atomic mass is 9.92. The fraction of sp³-hybridized carbons (Fsp3) is 0.556. The molecular weight excluding hydrogens is 463 g/mol. The van der Waals surface area contributed by atoms with E-state index in [0.717, 1.165) is 0 Å². The number of rotatable bonds is 8. The molecule has 1 amide bonds. The van der Waals surface area contributed by atoms with E-state index in [0.29, 0.717) is 42.0 Å². The number of halogens is 1. The Balaban J connectivity index is 0.00000676. The van der Waals surface area contributed by atoms with Gasteiger partial charge in [0.15, 0.2) is 17.5 Å². The fourth-order valence-electron chi connectivity index (χ4n) is 2.25. The Labute approximate surface area is 178 Å². The molecule has 27 heavy (non-hydrogen) atoms. The van der Waals surface area contributed by atoms with Crippen molar-refractivity contribution in [2.45, 2.75) is 20.8 Å². The lowest BCUT2D eigenvalue weighted by Crippen LogP contribution is -2.46. The van der Waals surface area contributed by atoms with Gasteiger partial charge in [0, 0.05) is 38.0 Å². The van der Waals surface area contributed by atoms with Crippen LogP contribution in [0.1, 0.15) is 20.8 Å². The largest absolute Gasteiger partial charge is 0.493 e. The maximum atomic E-state index is 12.1. The van der Waals surface area contributed by atoms with Gasteiger partial charge in [-0.2, -0.15) is 0 Å². The number of aliphatic imine (C=N–C) groups is 1. The molecule has 0 radical (unpaired) electrons. The van der Waals surface area contributed by atoms with E-state index in [4.69, 9.17) is 14.2 Å². The molecule has 0 bridgehead atoms. The van der Waals surface area contributed by atoms with E-state index in [1.807, 2.05) is 20.8 Å². The number of anilines is 1. The average Bonchev–Trinajstić information content (AvgIpc) is 2.64. The molecule has 0 heterocycles. The van der Waals surface area contributed by atoms with Crippen LogP contribution in [0.3, 0.4) is 0 Å². The number of carbonyl (C=O) groups is 1. The highest BCUT2D eigenvalue weighted by Crippen LogP contribution is 2.39. The molecule has 1 rings (SSSR count). The Kier molecular flexibility index (Phi) is 10.9. The predicted molar refractivity (Wildman–Crippen MR) is 119 cm³/mol. The van der Waals surface area contributed by atoms with Crippen molar-refractivity contribution in [3.8, 4) is 17.2 Å². The number of carbonyl (C=O) groups excluding carboxylic acids is 1. The summed E-state index contributed by atoms with van der Waals surface area (Å²) in [5, 5.41) is 9.16. The van der Waals surface area contributed by atoms with Gasteiger partial charge < -0.3 is 30.2 Å². The zero-order valence-electron chi connectivity index (χ0n) is 17.1. The Morgan fingerprint density at radius 3 is 2.04 bits per heavy atom. The second kappa shape index (κ2) is 11.7. The monoisotopic (exact) mass is 494 g/mol. The van der Waals surface area contributed by atoms with E-state index < -0.39 is 5.41 Å². The summed E-state index contributed by atoms with van der Waals surface area (Å²) < 4.78 is 16.0. The summed E-state index contributed by atoms with van der Waals surface area (Å²) in [6.07, 6.45) is 0. The molecule has 8 nitrogen and oxygen atoms in total. The van der Waals surface area contributed by atoms with E-state index in [-0.39, 0.29) is 29.9 Å². The van der Waals surface area contributed by atoms with Gasteiger partial charge in [-0.25, -0.2) is 0 Å². The molecular formula is C18H31IN4O4. The number of amides is 1. The van der Waals surface area contributed by atoms with Crippen molar-refractivity contribution in [2.24, 2.45) is 10.4 Å². The Bertz CT molecular complexity index is 625. The quantitative estimate of drug-likeness (QED) is 0.292. The van der Waals surface area contributed by atoms with Gasteiger partial charge in [-0.1, -0.05) is 0 Å².